The fourth-order valence-electron chi connectivity index (χ4n) is 2.93. The van der Waals surface area contributed by atoms with E-state index in [-0.39, 0.29) is 30.8 Å². The SMILES string of the molecule is COC(=O)CC1CN(C(=O)COc2ccccc2)c2ccccc21. The van der Waals surface area contributed by atoms with Crippen LogP contribution in [0.2, 0.25) is 0 Å². The monoisotopic (exact) mass is 325 g/mol. The number of hydrogen-bond donors (Lipinski definition) is 0. The van der Waals surface area contributed by atoms with Gasteiger partial charge in [0.15, 0.2) is 6.61 Å². The molecule has 124 valence electrons. The molecular weight excluding hydrogens is 306 g/mol. The number of benzene rings is 2. The minimum Gasteiger partial charge on any atom is -0.484 e. The molecule has 2 aromatic rings. The van der Waals surface area contributed by atoms with Crippen molar-refractivity contribution in [3.05, 3.63) is 60.2 Å². The van der Waals surface area contributed by atoms with E-state index in [1.165, 1.54) is 7.11 Å². The second kappa shape index (κ2) is 7.17. The highest BCUT2D eigenvalue weighted by atomic mass is 16.5. The number of methoxy groups -OCH3 is 1. The van der Waals surface area contributed by atoms with Crippen LogP contribution in [0.3, 0.4) is 0 Å². The van der Waals surface area contributed by atoms with Gasteiger partial charge in [0.2, 0.25) is 0 Å². The number of anilines is 1. The normalized spacial score (nSPS) is 15.7. The summed E-state index contributed by atoms with van der Waals surface area (Å²) in [5.74, 6) is 0.210. The lowest BCUT2D eigenvalue weighted by molar-refractivity contribution is -0.141. The quantitative estimate of drug-likeness (QED) is 0.793. The molecule has 0 N–H and O–H groups in total. The Kier molecular flexibility index (Phi) is 4.79. The first-order chi connectivity index (χ1) is 11.7. The van der Waals surface area contributed by atoms with Crippen LogP contribution in [0.15, 0.2) is 54.6 Å². The van der Waals surface area contributed by atoms with Crippen LogP contribution < -0.4 is 9.64 Å². The number of carbonyl (C=O) groups excluding carboxylic acids is 2. The van der Waals surface area contributed by atoms with Gasteiger partial charge in [-0.2, -0.15) is 0 Å². The van der Waals surface area contributed by atoms with E-state index in [1.54, 1.807) is 4.90 Å². The van der Waals surface area contributed by atoms with Gasteiger partial charge in [0.1, 0.15) is 5.75 Å². The molecule has 1 aliphatic rings. The number of amides is 1. The smallest absolute Gasteiger partial charge is 0.306 e. The van der Waals surface area contributed by atoms with Gasteiger partial charge in [-0.15, -0.1) is 0 Å². The van der Waals surface area contributed by atoms with Crippen molar-refractivity contribution in [2.24, 2.45) is 0 Å². The number of para-hydroxylation sites is 2. The third-order valence-corrected chi connectivity index (χ3v) is 4.12. The van der Waals surface area contributed by atoms with Gasteiger partial charge in [0, 0.05) is 18.2 Å². The van der Waals surface area contributed by atoms with E-state index in [9.17, 15) is 9.59 Å². The van der Waals surface area contributed by atoms with Gasteiger partial charge in [0.25, 0.3) is 5.91 Å². The molecule has 0 saturated carbocycles. The number of nitrogens with zero attached hydrogens (tertiary/aromatic N) is 1. The number of hydrogen-bond acceptors (Lipinski definition) is 4. The summed E-state index contributed by atoms with van der Waals surface area (Å²) in [6.45, 7) is 0.425. The Morgan fingerprint density at radius 1 is 1.08 bits per heavy atom. The van der Waals surface area contributed by atoms with Crippen molar-refractivity contribution in [2.75, 3.05) is 25.2 Å². The van der Waals surface area contributed by atoms with E-state index in [0.717, 1.165) is 11.3 Å². The third-order valence-electron chi connectivity index (χ3n) is 4.12. The zero-order chi connectivity index (χ0) is 16.9. The molecule has 0 spiro atoms. The first-order valence-corrected chi connectivity index (χ1v) is 7.83. The maximum absolute atomic E-state index is 12.6. The Morgan fingerprint density at radius 3 is 2.54 bits per heavy atom. The largest absolute Gasteiger partial charge is 0.484 e. The Hall–Kier alpha value is -2.82. The van der Waals surface area contributed by atoms with Gasteiger partial charge >= 0.3 is 5.97 Å². The topological polar surface area (TPSA) is 55.8 Å². The molecule has 2 aromatic carbocycles. The highest BCUT2D eigenvalue weighted by molar-refractivity contribution is 5.97. The van der Waals surface area contributed by atoms with Gasteiger partial charge in [0.05, 0.1) is 13.5 Å². The van der Waals surface area contributed by atoms with Crippen LogP contribution in [0.25, 0.3) is 0 Å². The third kappa shape index (κ3) is 3.40. The molecule has 0 bridgehead atoms. The molecule has 1 unspecified atom stereocenters. The maximum atomic E-state index is 12.6. The second-order valence-electron chi connectivity index (χ2n) is 5.64. The molecule has 1 aliphatic heterocycles. The molecule has 5 nitrogen and oxygen atoms in total. The Labute approximate surface area is 140 Å². The highest BCUT2D eigenvalue weighted by Crippen LogP contribution is 2.38. The van der Waals surface area contributed by atoms with Crippen molar-refractivity contribution < 1.29 is 19.1 Å². The molecule has 24 heavy (non-hydrogen) atoms. The van der Waals surface area contributed by atoms with Crippen molar-refractivity contribution in [1.29, 1.82) is 0 Å². The van der Waals surface area contributed by atoms with Gasteiger partial charge in [-0.25, -0.2) is 0 Å². The van der Waals surface area contributed by atoms with Gasteiger partial charge < -0.3 is 14.4 Å². The first kappa shape index (κ1) is 16.1. The van der Waals surface area contributed by atoms with Crippen molar-refractivity contribution in [3.63, 3.8) is 0 Å². The molecular formula is C19H19NO4. The predicted octanol–water partition coefficient (Wildman–Crippen LogP) is 2.76. The van der Waals surface area contributed by atoms with Crippen LogP contribution in [0.4, 0.5) is 5.69 Å². The zero-order valence-corrected chi connectivity index (χ0v) is 13.5. The summed E-state index contributed by atoms with van der Waals surface area (Å²) in [4.78, 5) is 25.9. The van der Waals surface area contributed by atoms with E-state index in [0.29, 0.717) is 12.3 Å². The highest BCUT2D eigenvalue weighted by Gasteiger charge is 2.33. The van der Waals surface area contributed by atoms with E-state index in [1.807, 2.05) is 54.6 Å². The molecule has 0 radical (unpaired) electrons. The predicted molar refractivity (Wildman–Crippen MR) is 90.1 cm³/mol. The molecule has 1 amide bonds. The number of esters is 1. The van der Waals surface area contributed by atoms with Gasteiger partial charge in [-0.1, -0.05) is 36.4 Å². The first-order valence-electron chi connectivity index (χ1n) is 7.83. The number of carbonyl (C=O) groups is 2. The van der Waals surface area contributed by atoms with E-state index < -0.39 is 0 Å². The van der Waals surface area contributed by atoms with Gasteiger partial charge in [-0.05, 0) is 23.8 Å². The van der Waals surface area contributed by atoms with Crippen molar-refractivity contribution >= 4 is 17.6 Å². The average Bonchev–Trinajstić information content (AvgIpc) is 2.99. The summed E-state index contributed by atoms with van der Waals surface area (Å²) in [7, 11) is 1.37. The molecule has 3 rings (SSSR count). The molecule has 0 aliphatic carbocycles. The summed E-state index contributed by atoms with van der Waals surface area (Å²) in [5.41, 5.74) is 1.84. The molecule has 1 atom stereocenters. The molecule has 1 heterocycles. The van der Waals surface area contributed by atoms with Gasteiger partial charge in [-0.3, -0.25) is 9.59 Å². The molecule has 0 fully saturated rings. The van der Waals surface area contributed by atoms with Crippen LogP contribution >= 0.6 is 0 Å². The lowest BCUT2D eigenvalue weighted by atomic mass is 9.98. The fourth-order valence-corrected chi connectivity index (χ4v) is 2.93. The van der Waals surface area contributed by atoms with E-state index in [4.69, 9.17) is 9.47 Å². The van der Waals surface area contributed by atoms with E-state index >= 15 is 0 Å². The van der Waals surface area contributed by atoms with Crippen LogP contribution in [-0.4, -0.2) is 32.1 Å². The molecule has 0 aromatic heterocycles. The zero-order valence-electron chi connectivity index (χ0n) is 13.5. The molecule has 0 saturated heterocycles. The number of ether oxygens (including phenoxy) is 2. The number of rotatable bonds is 5. The second-order valence-corrected chi connectivity index (χ2v) is 5.64. The Balaban J connectivity index is 1.71. The lowest BCUT2D eigenvalue weighted by Crippen LogP contribution is -2.34. The van der Waals surface area contributed by atoms with Crippen molar-refractivity contribution in [3.8, 4) is 5.75 Å². The van der Waals surface area contributed by atoms with Crippen LogP contribution in [0, 0.1) is 0 Å². The summed E-state index contributed by atoms with van der Waals surface area (Å²) in [5, 5.41) is 0. The summed E-state index contributed by atoms with van der Waals surface area (Å²) in [6, 6.07) is 16.9. The Morgan fingerprint density at radius 2 is 1.79 bits per heavy atom. The average molecular weight is 325 g/mol. The van der Waals surface area contributed by atoms with Crippen molar-refractivity contribution in [2.45, 2.75) is 12.3 Å². The van der Waals surface area contributed by atoms with Crippen LogP contribution in [-0.2, 0) is 14.3 Å². The standard InChI is InChI=1S/C19H19NO4/c1-23-19(22)11-14-12-20(17-10-6-5-9-16(14)17)18(21)13-24-15-7-3-2-4-8-15/h2-10,14H,11-13H2,1H3. The Bertz CT molecular complexity index is 729. The summed E-state index contributed by atoms with van der Waals surface area (Å²) in [6.07, 6.45) is 0.261. The maximum Gasteiger partial charge on any atom is 0.306 e. The molecule has 5 heteroatoms. The van der Waals surface area contributed by atoms with Crippen molar-refractivity contribution in [1.82, 2.24) is 0 Å². The lowest BCUT2D eigenvalue weighted by Gasteiger charge is -2.18. The minimum absolute atomic E-state index is 0.0384. The van der Waals surface area contributed by atoms with Crippen LogP contribution in [0.5, 0.6) is 5.75 Å². The fraction of sp³-hybridized carbons (Fsp3) is 0.263. The summed E-state index contributed by atoms with van der Waals surface area (Å²) >= 11 is 0. The minimum atomic E-state index is -0.273. The summed E-state index contributed by atoms with van der Waals surface area (Å²) < 4.78 is 10.3. The number of fused-ring (bicyclic) bond motifs is 1. The van der Waals surface area contributed by atoms with E-state index in [2.05, 4.69) is 0 Å². The van der Waals surface area contributed by atoms with Crippen LogP contribution in [0.1, 0.15) is 17.9 Å².